The Bertz CT molecular complexity index is 803. The standard InChI is InChI=1S/C21H28ClN3O5/c1-3-30-20(27)12-25-16-7-5-4-6-14(16)24-21(28)17(25)11-19(26)23-15-10-13(22)8-9-18(15)29-2/h8-10,14,16-17H,3-7,11-12H2,1-2H3,(H,23,26)(H,24,28)/t14-,16-,17+/m0/s1. The Balaban J connectivity index is 1.77. The fraction of sp³-hybridized carbons (Fsp3) is 0.571. The number of esters is 1. The molecule has 0 spiro atoms. The summed E-state index contributed by atoms with van der Waals surface area (Å²) in [6.07, 6.45) is 3.70. The molecule has 9 heteroatoms. The summed E-state index contributed by atoms with van der Waals surface area (Å²) in [7, 11) is 1.50. The Morgan fingerprint density at radius 3 is 2.80 bits per heavy atom. The molecule has 1 aromatic carbocycles. The summed E-state index contributed by atoms with van der Waals surface area (Å²) in [5, 5.41) is 6.27. The molecule has 1 heterocycles. The van der Waals surface area contributed by atoms with Crippen LogP contribution in [0, 0.1) is 0 Å². The normalized spacial score (nSPS) is 23.8. The van der Waals surface area contributed by atoms with Crippen LogP contribution in [0.25, 0.3) is 0 Å². The lowest BCUT2D eigenvalue weighted by Gasteiger charge is -2.47. The van der Waals surface area contributed by atoms with Gasteiger partial charge in [-0.05, 0) is 38.0 Å². The monoisotopic (exact) mass is 437 g/mol. The minimum atomic E-state index is -0.751. The van der Waals surface area contributed by atoms with Crippen LogP contribution in [0.4, 0.5) is 5.69 Å². The molecule has 2 amide bonds. The van der Waals surface area contributed by atoms with Gasteiger partial charge in [0.25, 0.3) is 0 Å². The van der Waals surface area contributed by atoms with Crippen LogP contribution in [-0.4, -0.2) is 61.1 Å². The van der Waals surface area contributed by atoms with Crippen molar-refractivity contribution in [3.63, 3.8) is 0 Å². The van der Waals surface area contributed by atoms with Gasteiger partial charge in [0.15, 0.2) is 0 Å². The zero-order chi connectivity index (χ0) is 21.7. The molecule has 8 nitrogen and oxygen atoms in total. The van der Waals surface area contributed by atoms with Gasteiger partial charge < -0.3 is 20.1 Å². The third kappa shape index (κ3) is 5.23. The molecule has 0 aromatic heterocycles. The van der Waals surface area contributed by atoms with Crippen molar-refractivity contribution in [2.45, 2.75) is 57.2 Å². The van der Waals surface area contributed by atoms with Crippen molar-refractivity contribution in [3.05, 3.63) is 23.2 Å². The Hall–Kier alpha value is -2.32. The van der Waals surface area contributed by atoms with Gasteiger partial charge in [0.05, 0.1) is 38.4 Å². The summed E-state index contributed by atoms with van der Waals surface area (Å²) in [5.41, 5.74) is 0.429. The van der Waals surface area contributed by atoms with E-state index in [2.05, 4.69) is 10.6 Å². The smallest absolute Gasteiger partial charge is 0.320 e. The highest BCUT2D eigenvalue weighted by Gasteiger charge is 2.44. The molecule has 2 N–H and O–H groups in total. The first-order valence-corrected chi connectivity index (χ1v) is 10.7. The predicted molar refractivity (Wildman–Crippen MR) is 113 cm³/mol. The largest absolute Gasteiger partial charge is 0.495 e. The summed E-state index contributed by atoms with van der Waals surface area (Å²) >= 11 is 6.03. The van der Waals surface area contributed by atoms with Crippen molar-refractivity contribution < 1.29 is 23.9 Å². The number of carbonyl (C=O) groups excluding carboxylic acids is 3. The molecule has 1 aromatic rings. The molecular weight excluding hydrogens is 410 g/mol. The van der Waals surface area contributed by atoms with Gasteiger partial charge in [-0.1, -0.05) is 24.4 Å². The predicted octanol–water partition coefficient (Wildman–Crippen LogP) is 2.35. The van der Waals surface area contributed by atoms with E-state index >= 15 is 0 Å². The number of fused-ring (bicyclic) bond motifs is 1. The maximum absolute atomic E-state index is 12.8. The molecule has 30 heavy (non-hydrogen) atoms. The third-order valence-electron chi connectivity index (χ3n) is 5.62. The zero-order valence-corrected chi connectivity index (χ0v) is 18.0. The molecule has 1 saturated carbocycles. The molecule has 1 saturated heterocycles. The van der Waals surface area contributed by atoms with Crippen LogP contribution in [0.2, 0.25) is 5.02 Å². The van der Waals surface area contributed by atoms with E-state index in [0.717, 1.165) is 25.7 Å². The molecule has 164 valence electrons. The van der Waals surface area contributed by atoms with E-state index in [1.807, 2.05) is 4.90 Å². The van der Waals surface area contributed by atoms with Gasteiger partial charge >= 0.3 is 5.97 Å². The van der Waals surface area contributed by atoms with Crippen LogP contribution in [0.5, 0.6) is 5.75 Å². The van der Waals surface area contributed by atoms with E-state index in [1.54, 1.807) is 25.1 Å². The second-order valence-electron chi connectivity index (χ2n) is 7.56. The van der Waals surface area contributed by atoms with Crippen molar-refractivity contribution in [1.29, 1.82) is 0 Å². The van der Waals surface area contributed by atoms with Crippen LogP contribution >= 0.6 is 11.6 Å². The number of rotatable bonds is 7. The Kier molecular flexibility index (Phi) is 7.55. The molecule has 1 aliphatic heterocycles. The van der Waals surface area contributed by atoms with Crippen molar-refractivity contribution in [2.24, 2.45) is 0 Å². The van der Waals surface area contributed by atoms with E-state index in [1.165, 1.54) is 7.11 Å². The first-order chi connectivity index (χ1) is 14.4. The number of ether oxygens (including phenoxy) is 2. The number of methoxy groups -OCH3 is 1. The third-order valence-corrected chi connectivity index (χ3v) is 5.85. The minimum absolute atomic E-state index is 0.00647. The second-order valence-corrected chi connectivity index (χ2v) is 7.99. The number of piperazine rings is 1. The number of nitrogens with zero attached hydrogens (tertiary/aromatic N) is 1. The summed E-state index contributed by atoms with van der Waals surface area (Å²) in [4.78, 5) is 39.7. The van der Waals surface area contributed by atoms with E-state index in [9.17, 15) is 14.4 Å². The number of halogens is 1. The van der Waals surface area contributed by atoms with Gasteiger partial charge in [-0.25, -0.2) is 0 Å². The topological polar surface area (TPSA) is 97.0 Å². The average molecular weight is 438 g/mol. The van der Waals surface area contributed by atoms with E-state index in [-0.39, 0.29) is 43.5 Å². The maximum Gasteiger partial charge on any atom is 0.320 e. The molecule has 3 rings (SSSR count). The molecule has 1 aliphatic carbocycles. The van der Waals surface area contributed by atoms with Crippen molar-refractivity contribution in [1.82, 2.24) is 10.2 Å². The van der Waals surface area contributed by atoms with Crippen molar-refractivity contribution in [3.8, 4) is 5.75 Å². The highest BCUT2D eigenvalue weighted by atomic mass is 35.5. The van der Waals surface area contributed by atoms with E-state index < -0.39 is 12.0 Å². The Morgan fingerprint density at radius 2 is 2.07 bits per heavy atom. The average Bonchev–Trinajstić information content (AvgIpc) is 2.71. The van der Waals surface area contributed by atoms with E-state index in [4.69, 9.17) is 21.1 Å². The quantitative estimate of drug-likeness (QED) is 0.635. The van der Waals surface area contributed by atoms with Gasteiger partial charge in [0.1, 0.15) is 5.75 Å². The molecule has 3 atom stereocenters. The zero-order valence-electron chi connectivity index (χ0n) is 17.3. The molecule has 2 aliphatic rings. The SMILES string of the molecule is CCOC(=O)CN1[C@H](CC(=O)Nc2cc(Cl)ccc2OC)C(=O)N[C@H]2CCCC[C@@H]21. The number of amides is 2. The van der Waals surface area contributed by atoms with Crippen LogP contribution in [0.1, 0.15) is 39.0 Å². The van der Waals surface area contributed by atoms with Crippen LogP contribution in [0.15, 0.2) is 18.2 Å². The van der Waals surface area contributed by atoms with Crippen molar-refractivity contribution in [2.75, 3.05) is 25.6 Å². The van der Waals surface area contributed by atoms with Gasteiger partial charge in [-0.2, -0.15) is 0 Å². The number of anilines is 1. The number of benzene rings is 1. The number of hydrogen-bond donors (Lipinski definition) is 2. The summed E-state index contributed by atoms with van der Waals surface area (Å²) in [6, 6.07) is 4.17. The Labute approximate surface area is 181 Å². The molecule has 2 fully saturated rings. The lowest BCUT2D eigenvalue weighted by Crippen LogP contribution is -2.67. The highest BCUT2D eigenvalue weighted by Crippen LogP contribution is 2.31. The van der Waals surface area contributed by atoms with Crippen LogP contribution in [0.3, 0.4) is 0 Å². The number of nitrogens with one attached hydrogen (secondary N) is 2. The van der Waals surface area contributed by atoms with Gasteiger partial charge in [-0.15, -0.1) is 0 Å². The summed E-state index contributed by atoms with van der Waals surface area (Å²) in [6.45, 7) is 2.00. The second kappa shape index (κ2) is 10.1. The first kappa shape index (κ1) is 22.4. The van der Waals surface area contributed by atoms with Gasteiger partial charge in [0.2, 0.25) is 11.8 Å². The minimum Gasteiger partial charge on any atom is -0.495 e. The number of hydrogen-bond acceptors (Lipinski definition) is 6. The highest BCUT2D eigenvalue weighted by molar-refractivity contribution is 6.31. The summed E-state index contributed by atoms with van der Waals surface area (Å²) in [5.74, 6) is -0.524. The first-order valence-electron chi connectivity index (χ1n) is 10.3. The fourth-order valence-corrected chi connectivity index (χ4v) is 4.46. The molecular formula is C21H28ClN3O5. The fourth-order valence-electron chi connectivity index (χ4n) is 4.29. The molecule has 0 radical (unpaired) electrons. The van der Waals surface area contributed by atoms with Gasteiger partial charge in [0, 0.05) is 17.1 Å². The van der Waals surface area contributed by atoms with Crippen LogP contribution < -0.4 is 15.4 Å². The van der Waals surface area contributed by atoms with Gasteiger partial charge in [-0.3, -0.25) is 19.3 Å². The van der Waals surface area contributed by atoms with Crippen molar-refractivity contribution >= 4 is 35.1 Å². The van der Waals surface area contributed by atoms with Crippen LogP contribution in [-0.2, 0) is 19.1 Å². The number of carbonyl (C=O) groups is 3. The maximum atomic E-state index is 12.8. The molecule has 0 unspecified atom stereocenters. The molecule has 0 bridgehead atoms. The lowest BCUT2D eigenvalue weighted by molar-refractivity contribution is -0.151. The summed E-state index contributed by atoms with van der Waals surface area (Å²) < 4.78 is 10.4. The Morgan fingerprint density at radius 1 is 1.30 bits per heavy atom. The lowest BCUT2D eigenvalue weighted by atomic mass is 9.85. The van der Waals surface area contributed by atoms with E-state index in [0.29, 0.717) is 16.5 Å².